The molecule has 0 saturated heterocycles. The van der Waals surface area contributed by atoms with Crippen LogP contribution >= 0.6 is 0 Å². The van der Waals surface area contributed by atoms with Crippen LogP contribution < -0.4 is 0 Å². The molecule has 0 atom stereocenters. The maximum atomic E-state index is 11.1. The Morgan fingerprint density at radius 1 is 1.45 bits per heavy atom. The van der Waals surface area contributed by atoms with Gasteiger partial charge in [-0.05, 0) is 32.3 Å². The molecule has 62 valence electrons. The number of hydrogen-bond acceptors (Lipinski definition) is 1. The molecule has 0 bridgehead atoms. The van der Waals surface area contributed by atoms with Crippen LogP contribution in [0.5, 0.6) is 0 Å². The van der Waals surface area contributed by atoms with E-state index in [0.717, 1.165) is 24.3 Å². The molecule has 0 aromatic carbocycles. The predicted octanol–water partition coefficient (Wildman–Crippen LogP) is 2.71. The molecule has 0 aliphatic heterocycles. The Labute approximate surface area is 68.5 Å². The van der Waals surface area contributed by atoms with E-state index in [1.165, 1.54) is 12.8 Å². The van der Waals surface area contributed by atoms with Gasteiger partial charge in [0.1, 0.15) is 0 Å². The molecular weight excluding hydrogens is 136 g/mol. The van der Waals surface area contributed by atoms with Crippen molar-refractivity contribution < 1.29 is 4.79 Å². The van der Waals surface area contributed by atoms with Crippen molar-refractivity contribution in [1.82, 2.24) is 0 Å². The van der Waals surface area contributed by atoms with Crippen LogP contribution in [0.15, 0.2) is 11.6 Å². The first kappa shape index (κ1) is 8.51. The van der Waals surface area contributed by atoms with E-state index < -0.39 is 0 Å². The number of carbonyl (C=O) groups is 1. The standard InChI is InChI=1S/C10H16O/c1-8(2)7-10(11)6-5-9-3-4-9/h7,9H,3-6H2,1-2H3. The minimum Gasteiger partial charge on any atom is -0.295 e. The molecule has 1 aliphatic rings. The van der Waals surface area contributed by atoms with Crippen molar-refractivity contribution in [2.24, 2.45) is 5.92 Å². The zero-order valence-corrected chi connectivity index (χ0v) is 7.39. The van der Waals surface area contributed by atoms with Crippen molar-refractivity contribution in [3.05, 3.63) is 11.6 Å². The van der Waals surface area contributed by atoms with Gasteiger partial charge >= 0.3 is 0 Å². The molecule has 1 rings (SSSR count). The third kappa shape index (κ3) is 3.97. The summed E-state index contributed by atoms with van der Waals surface area (Å²) in [5.74, 6) is 1.18. The minimum atomic E-state index is 0.303. The van der Waals surface area contributed by atoms with E-state index in [1.54, 1.807) is 6.08 Å². The van der Waals surface area contributed by atoms with Gasteiger partial charge in [-0.2, -0.15) is 0 Å². The van der Waals surface area contributed by atoms with Crippen molar-refractivity contribution in [2.75, 3.05) is 0 Å². The van der Waals surface area contributed by atoms with Crippen LogP contribution in [0.2, 0.25) is 0 Å². The second kappa shape index (κ2) is 3.70. The lowest BCUT2D eigenvalue weighted by Gasteiger charge is -1.93. The molecule has 1 fully saturated rings. The molecule has 11 heavy (non-hydrogen) atoms. The summed E-state index contributed by atoms with van der Waals surface area (Å²) in [5, 5.41) is 0. The van der Waals surface area contributed by atoms with Gasteiger partial charge in [-0.15, -0.1) is 0 Å². The number of ketones is 1. The van der Waals surface area contributed by atoms with Crippen molar-refractivity contribution in [3.8, 4) is 0 Å². The fraction of sp³-hybridized carbons (Fsp3) is 0.700. The average molecular weight is 152 g/mol. The average Bonchev–Trinajstić information content (AvgIpc) is 2.63. The summed E-state index contributed by atoms with van der Waals surface area (Å²) >= 11 is 0. The van der Waals surface area contributed by atoms with Crippen LogP contribution in [0.1, 0.15) is 39.5 Å². The van der Waals surface area contributed by atoms with Crippen LogP contribution in [0.3, 0.4) is 0 Å². The Bertz CT molecular complexity index is 171. The summed E-state index contributed by atoms with van der Waals surface area (Å²) in [5.41, 5.74) is 1.12. The smallest absolute Gasteiger partial charge is 0.155 e. The molecule has 1 heteroatoms. The maximum Gasteiger partial charge on any atom is 0.155 e. The Balaban J connectivity index is 2.14. The van der Waals surface area contributed by atoms with E-state index >= 15 is 0 Å². The number of allylic oxidation sites excluding steroid dienone is 2. The fourth-order valence-electron chi connectivity index (χ4n) is 1.15. The molecule has 0 aromatic heterocycles. The highest BCUT2D eigenvalue weighted by Crippen LogP contribution is 2.33. The lowest BCUT2D eigenvalue weighted by molar-refractivity contribution is -0.114. The molecule has 1 aliphatic carbocycles. The minimum absolute atomic E-state index is 0.303. The fourth-order valence-corrected chi connectivity index (χ4v) is 1.15. The lowest BCUT2D eigenvalue weighted by atomic mass is 10.1. The molecule has 0 amide bonds. The monoisotopic (exact) mass is 152 g/mol. The van der Waals surface area contributed by atoms with Crippen LogP contribution in [0, 0.1) is 5.92 Å². The van der Waals surface area contributed by atoms with Gasteiger partial charge in [0.25, 0.3) is 0 Å². The van der Waals surface area contributed by atoms with Gasteiger partial charge in [-0.1, -0.05) is 18.4 Å². The van der Waals surface area contributed by atoms with Crippen LogP contribution in [0.4, 0.5) is 0 Å². The number of rotatable bonds is 4. The summed E-state index contributed by atoms with van der Waals surface area (Å²) in [6.45, 7) is 3.93. The van der Waals surface area contributed by atoms with Gasteiger partial charge in [0.05, 0.1) is 0 Å². The Morgan fingerprint density at radius 2 is 2.09 bits per heavy atom. The van der Waals surface area contributed by atoms with E-state index in [0.29, 0.717) is 5.78 Å². The predicted molar refractivity (Wildman–Crippen MR) is 46.4 cm³/mol. The molecule has 0 radical (unpaired) electrons. The zero-order valence-electron chi connectivity index (χ0n) is 7.39. The lowest BCUT2D eigenvalue weighted by Crippen LogP contribution is -1.93. The van der Waals surface area contributed by atoms with E-state index in [4.69, 9.17) is 0 Å². The van der Waals surface area contributed by atoms with Gasteiger partial charge in [-0.3, -0.25) is 4.79 Å². The second-order valence-corrected chi connectivity index (χ2v) is 3.67. The van der Waals surface area contributed by atoms with Crippen LogP contribution in [-0.2, 0) is 4.79 Å². The van der Waals surface area contributed by atoms with Gasteiger partial charge in [0, 0.05) is 6.42 Å². The summed E-state index contributed by atoms with van der Waals surface area (Å²) < 4.78 is 0. The first-order valence-electron chi connectivity index (χ1n) is 4.36. The highest BCUT2D eigenvalue weighted by molar-refractivity contribution is 5.90. The summed E-state index contributed by atoms with van der Waals surface area (Å²) in [7, 11) is 0. The van der Waals surface area contributed by atoms with Crippen LogP contribution in [-0.4, -0.2) is 5.78 Å². The van der Waals surface area contributed by atoms with E-state index in [-0.39, 0.29) is 0 Å². The SMILES string of the molecule is CC(C)=CC(=O)CCC1CC1. The highest BCUT2D eigenvalue weighted by Gasteiger charge is 2.21. The van der Waals surface area contributed by atoms with E-state index in [9.17, 15) is 4.79 Å². The van der Waals surface area contributed by atoms with Gasteiger partial charge in [0.2, 0.25) is 0 Å². The largest absolute Gasteiger partial charge is 0.295 e. The van der Waals surface area contributed by atoms with E-state index in [1.807, 2.05) is 13.8 Å². The number of carbonyl (C=O) groups excluding carboxylic acids is 1. The molecule has 1 nitrogen and oxygen atoms in total. The zero-order chi connectivity index (χ0) is 8.27. The molecular formula is C10H16O. The summed E-state index contributed by atoms with van der Waals surface area (Å²) in [4.78, 5) is 11.1. The molecule has 1 saturated carbocycles. The van der Waals surface area contributed by atoms with Crippen molar-refractivity contribution >= 4 is 5.78 Å². The highest BCUT2D eigenvalue weighted by atomic mass is 16.1. The van der Waals surface area contributed by atoms with Gasteiger partial charge in [0.15, 0.2) is 5.78 Å². The van der Waals surface area contributed by atoms with Crippen molar-refractivity contribution in [3.63, 3.8) is 0 Å². The Kier molecular flexibility index (Phi) is 2.86. The Morgan fingerprint density at radius 3 is 2.55 bits per heavy atom. The molecule has 0 N–H and O–H groups in total. The third-order valence-corrected chi connectivity index (χ3v) is 1.95. The maximum absolute atomic E-state index is 11.1. The van der Waals surface area contributed by atoms with Gasteiger partial charge in [-0.25, -0.2) is 0 Å². The first-order chi connectivity index (χ1) is 5.18. The molecule has 0 heterocycles. The van der Waals surface area contributed by atoms with Gasteiger partial charge < -0.3 is 0 Å². The second-order valence-electron chi connectivity index (χ2n) is 3.67. The molecule has 0 unspecified atom stereocenters. The van der Waals surface area contributed by atoms with E-state index in [2.05, 4.69) is 0 Å². The number of hydrogen-bond donors (Lipinski definition) is 0. The molecule has 0 spiro atoms. The van der Waals surface area contributed by atoms with Crippen molar-refractivity contribution in [2.45, 2.75) is 39.5 Å². The topological polar surface area (TPSA) is 17.1 Å². The first-order valence-corrected chi connectivity index (χ1v) is 4.36. The summed E-state index contributed by atoms with van der Waals surface area (Å²) in [6.07, 6.45) is 6.32. The quantitative estimate of drug-likeness (QED) is 0.566. The third-order valence-electron chi connectivity index (χ3n) is 1.95. The van der Waals surface area contributed by atoms with Crippen molar-refractivity contribution in [1.29, 1.82) is 0 Å². The Hall–Kier alpha value is -0.590. The molecule has 0 aromatic rings. The summed E-state index contributed by atoms with van der Waals surface area (Å²) in [6, 6.07) is 0. The normalized spacial score (nSPS) is 16.2. The van der Waals surface area contributed by atoms with Crippen LogP contribution in [0.25, 0.3) is 0 Å².